The fourth-order valence-electron chi connectivity index (χ4n) is 3.33. The molecule has 0 saturated heterocycles. The van der Waals surface area contributed by atoms with E-state index in [1.165, 1.54) is 0 Å². The number of para-hydroxylation sites is 1. The van der Waals surface area contributed by atoms with E-state index in [9.17, 15) is 4.79 Å². The Bertz CT molecular complexity index is 1170. The van der Waals surface area contributed by atoms with E-state index >= 15 is 0 Å². The molecule has 0 aromatic heterocycles. The van der Waals surface area contributed by atoms with E-state index in [1.54, 1.807) is 30.5 Å². The van der Waals surface area contributed by atoms with Crippen LogP contribution in [0.15, 0.2) is 96.6 Å². The molecule has 0 unspecified atom stereocenters. The molecule has 0 fully saturated rings. The second-order valence-electron chi connectivity index (χ2n) is 6.53. The summed E-state index contributed by atoms with van der Waals surface area (Å²) in [6.07, 6.45) is 3.34. The molecule has 0 aliphatic heterocycles. The molecule has 0 bridgehead atoms. The Labute approximate surface area is 169 Å². The zero-order chi connectivity index (χ0) is 20.1. The van der Waals surface area contributed by atoms with Gasteiger partial charge in [0.1, 0.15) is 12.4 Å². The van der Waals surface area contributed by atoms with Crippen LogP contribution in [-0.4, -0.2) is 18.7 Å². The van der Waals surface area contributed by atoms with Crippen molar-refractivity contribution in [2.45, 2.75) is 0 Å². The van der Waals surface area contributed by atoms with Gasteiger partial charge in [-0.2, -0.15) is 5.10 Å². The average molecular weight is 380 g/mol. The third-order valence-corrected chi connectivity index (χ3v) is 4.66. The monoisotopic (exact) mass is 380 g/mol. The molecule has 4 nitrogen and oxygen atoms in total. The zero-order valence-corrected chi connectivity index (χ0v) is 15.8. The number of hydrogen-bond acceptors (Lipinski definition) is 3. The molecule has 0 aliphatic carbocycles. The van der Waals surface area contributed by atoms with Crippen LogP contribution in [0, 0.1) is 0 Å². The van der Waals surface area contributed by atoms with Crippen molar-refractivity contribution in [3.63, 3.8) is 0 Å². The number of carbonyl (C=O) groups is 1. The van der Waals surface area contributed by atoms with Crippen LogP contribution in [0.1, 0.15) is 15.9 Å². The van der Waals surface area contributed by atoms with E-state index in [0.29, 0.717) is 17.9 Å². The van der Waals surface area contributed by atoms with Gasteiger partial charge in [0.2, 0.25) is 0 Å². The number of hydrogen-bond donors (Lipinski definition) is 1. The molecular weight excluding hydrogens is 360 g/mol. The highest BCUT2D eigenvalue weighted by Crippen LogP contribution is 2.27. The first-order valence-electron chi connectivity index (χ1n) is 9.34. The van der Waals surface area contributed by atoms with Crippen LogP contribution in [0.5, 0.6) is 5.75 Å². The quantitative estimate of drug-likeness (QED) is 0.213. The van der Waals surface area contributed by atoms with Gasteiger partial charge in [0.25, 0.3) is 5.91 Å². The van der Waals surface area contributed by atoms with Crippen LogP contribution in [0.3, 0.4) is 0 Å². The number of hydrazone groups is 1. The molecule has 142 valence electrons. The fourth-order valence-corrected chi connectivity index (χ4v) is 3.33. The number of rotatable bonds is 6. The first-order chi connectivity index (χ1) is 14.3. The Hall–Kier alpha value is -3.92. The minimum Gasteiger partial charge on any atom is -0.489 e. The van der Waals surface area contributed by atoms with Crippen LogP contribution in [0.25, 0.3) is 21.5 Å². The SMILES string of the molecule is C=CCOc1ccccc1C(=O)NN=Cc1c2ccccc2cc2ccccc12. The number of carbonyl (C=O) groups excluding carboxylic acids is 1. The van der Waals surface area contributed by atoms with Crippen LogP contribution in [-0.2, 0) is 0 Å². The maximum absolute atomic E-state index is 12.6. The molecule has 0 spiro atoms. The molecule has 1 amide bonds. The van der Waals surface area contributed by atoms with Gasteiger partial charge >= 0.3 is 0 Å². The molecule has 4 aromatic carbocycles. The molecule has 29 heavy (non-hydrogen) atoms. The highest BCUT2D eigenvalue weighted by atomic mass is 16.5. The number of benzene rings is 4. The van der Waals surface area contributed by atoms with Gasteiger partial charge in [-0.1, -0.05) is 73.3 Å². The first kappa shape index (κ1) is 18.4. The zero-order valence-electron chi connectivity index (χ0n) is 15.8. The van der Waals surface area contributed by atoms with Gasteiger partial charge in [-0.3, -0.25) is 4.79 Å². The molecule has 0 aliphatic rings. The summed E-state index contributed by atoms with van der Waals surface area (Å²) in [6.45, 7) is 3.96. The predicted molar refractivity (Wildman–Crippen MR) is 119 cm³/mol. The second kappa shape index (κ2) is 8.40. The Balaban J connectivity index is 1.65. The topological polar surface area (TPSA) is 50.7 Å². The van der Waals surface area contributed by atoms with E-state index in [2.05, 4.69) is 47.4 Å². The maximum atomic E-state index is 12.6. The van der Waals surface area contributed by atoms with Crippen LogP contribution < -0.4 is 10.2 Å². The minimum atomic E-state index is -0.328. The highest BCUT2D eigenvalue weighted by Gasteiger charge is 2.11. The predicted octanol–water partition coefficient (Wildman–Crippen LogP) is 5.32. The number of amides is 1. The van der Waals surface area contributed by atoms with Crippen molar-refractivity contribution in [3.8, 4) is 5.75 Å². The third-order valence-electron chi connectivity index (χ3n) is 4.66. The van der Waals surface area contributed by atoms with Gasteiger partial charge in [0, 0.05) is 5.56 Å². The van der Waals surface area contributed by atoms with Crippen molar-refractivity contribution in [2.75, 3.05) is 6.61 Å². The molecular formula is C25H20N2O2. The first-order valence-corrected chi connectivity index (χ1v) is 9.34. The number of fused-ring (bicyclic) bond motifs is 2. The number of nitrogens with zero attached hydrogens (tertiary/aromatic N) is 1. The molecule has 4 rings (SSSR count). The summed E-state index contributed by atoms with van der Waals surface area (Å²) in [7, 11) is 0. The average Bonchev–Trinajstić information content (AvgIpc) is 2.77. The van der Waals surface area contributed by atoms with Gasteiger partial charge in [-0.25, -0.2) is 5.43 Å². The second-order valence-corrected chi connectivity index (χ2v) is 6.53. The van der Waals surface area contributed by atoms with E-state index < -0.39 is 0 Å². The number of nitrogens with one attached hydrogen (secondary N) is 1. The van der Waals surface area contributed by atoms with Gasteiger partial charge in [0.15, 0.2) is 0 Å². The molecule has 0 atom stereocenters. The Morgan fingerprint density at radius 1 is 0.931 bits per heavy atom. The van der Waals surface area contributed by atoms with Gasteiger partial charge < -0.3 is 4.74 Å². The van der Waals surface area contributed by atoms with Crippen molar-refractivity contribution < 1.29 is 9.53 Å². The van der Waals surface area contributed by atoms with E-state index in [1.807, 2.05) is 30.3 Å². The summed E-state index contributed by atoms with van der Waals surface area (Å²) in [6, 6.07) is 25.5. The summed E-state index contributed by atoms with van der Waals surface area (Å²) < 4.78 is 5.56. The van der Waals surface area contributed by atoms with E-state index in [4.69, 9.17) is 4.74 Å². The van der Waals surface area contributed by atoms with Crippen LogP contribution in [0.4, 0.5) is 0 Å². The normalized spacial score (nSPS) is 11.0. The van der Waals surface area contributed by atoms with Crippen LogP contribution in [0.2, 0.25) is 0 Å². The fraction of sp³-hybridized carbons (Fsp3) is 0.0400. The summed E-state index contributed by atoms with van der Waals surface area (Å²) in [4.78, 5) is 12.6. The van der Waals surface area contributed by atoms with Crippen LogP contribution >= 0.6 is 0 Å². The van der Waals surface area contributed by atoms with Crippen molar-refractivity contribution in [1.29, 1.82) is 0 Å². The summed E-state index contributed by atoms with van der Waals surface area (Å²) in [5.41, 5.74) is 4.01. The molecule has 0 radical (unpaired) electrons. The lowest BCUT2D eigenvalue weighted by atomic mass is 9.97. The minimum absolute atomic E-state index is 0.328. The molecule has 4 aromatic rings. The van der Waals surface area contributed by atoms with E-state index in [0.717, 1.165) is 27.1 Å². The lowest BCUT2D eigenvalue weighted by Crippen LogP contribution is -2.18. The summed E-state index contributed by atoms with van der Waals surface area (Å²) >= 11 is 0. The summed E-state index contributed by atoms with van der Waals surface area (Å²) in [5, 5.41) is 8.66. The highest BCUT2D eigenvalue weighted by molar-refractivity contribution is 6.13. The lowest BCUT2D eigenvalue weighted by molar-refractivity contribution is 0.0951. The summed E-state index contributed by atoms with van der Waals surface area (Å²) in [5.74, 6) is 0.168. The van der Waals surface area contributed by atoms with Crippen molar-refractivity contribution in [1.82, 2.24) is 5.43 Å². The Kier molecular flexibility index (Phi) is 5.34. The maximum Gasteiger partial charge on any atom is 0.275 e. The van der Waals surface area contributed by atoms with Crippen molar-refractivity contribution in [3.05, 3.63) is 103 Å². The molecule has 0 heterocycles. The van der Waals surface area contributed by atoms with Crippen molar-refractivity contribution >= 4 is 33.7 Å². The molecule has 1 N–H and O–H groups in total. The molecule has 0 saturated carbocycles. The largest absolute Gasteiger partial charge is 0.489 e. The Morgan fingerprint density at radius 2 is 1.55 bits per heavy atom. The van der Waals surface area contributed by atoms with Gasteiger partial charge in [-0.15, -0.1) is 0 Å². The Morgan fingerprint density at radius 3 is 2.24 bits per heavy atom. The number of ether oxygens (including phenoxy) is 1. The molecule has 4 heteroatoms. The van der Waals surface area contributed by atoms with Gasteiger partial charge in [-0.05, 0) is 39.7 Å². The van der Waals surface area contributed by atoms with Gasteiger partial charge in [0.05, 0.1) is 11.8 Å². The lowest BCUT2D eigenvalue weighted by Gasteiger charge is -2.09. The van der Waals surface area contributed by atoms with Crippen molar-refractivity contribution in [2.24, 2.45) is 5.10 Å². The standard InChI is InChI=1S/C25H20N2O2/c1-2-15-29-24-14-8-7-13-22(24)25(28)27-26-17-23-20-11-5-3-9-18(20)16-19-10-4-6-12-21(19)23/h2-14,16-17H,1,15H2,(H,27,28). The van der Waals surface area contributed by atoms with E-state index in [-0.39, 0.29) is 5.91 Å². The third kappa shape index (κ3) is 3.87. The smallest absolute Gasteiger partial charge is 0.275 e.